The molecule has 0 saturated carbocycles. The Bertz CT molecular complexity index is 523. The number of carbonyl (C=O) groups is 2. The van der Waals surface area contributed by atoms with Crippen LogP contribution in [0.25, 0.3) is 0 Å². The number of carboxylic acids is 1. The zero-order chi connectivity index (χ0) is 14.2. The lowest BCUT2D eigenvalue weighted by Crippen LogP contribution is -2.52. The third kappa shape index (κ3) is 1.91. The Hall–Kier alpha value is -1.85. The number of carboxylic acid groups (broad SMARTS) is 1. The summed E-state index contributed by atoms with van der Waals surface area (Å²) in [6, 6.07) is 0. The molecule has 2 rings (SSSR count). The van der Waals surface area contributed by atoms with Crippen molar-refractivity contribution in [2.45, 2.75) is 38.6 Å². The van der Waals surface area contributed by atoms with Crippen molar-refractivity contribution in [1.82, 2.24) is 14.7 Å². The standard InChI is InChI=1S/C13H19N3O3/c1-4-13(12(18)19)6-5-7-16(13)11(17)10-8-14-15(3)9(10)2/h8H,4-7H2,1-3H3,(H,18,19). The van der Waals surface area contributed by atoms with E-state index >= 15 is 0 Å². The average molecular weight is 265 g/mol. The van der Waals surface area contributed by atoms with Gasteiger partial charge < -0.3 is 10.0 Å². The highest BCUT2D eigenvalue weighted by Crippen LogP contribution is 2.34. The van der Waals surface area contributed by atoms with Gasteiger partial charge in [-0.3, -0.25) is 9.48 Å². The topological polar surface area (TPSA) is 75.4 Å². The summed E-state index contributed by atoms with van der Waals surface area (Å²) in [5.41, 5.74) is 0.190. The number of nitrogens with zero attached hydrogens (tertiary/aromatic N) is 3. The molecule has 0 spiro atoms. The SMILES string of the molecule is CCC1(C(=O)O)CCCN1C(=O)c1cnn(C)c1C. The van der Waals surface area contributed by atoms with Crippen LogP contribution in [0.4, 0.5) is 0 Å². The van der Waals surface area contributed by atoms with Crippen molar-refractivity contribution in [1.29, 1.82) is 0 Å². The molecule has 1 atom stereocenters. The lowest BCUT2D eigenvalue weighted by atomic mass is 9.92. The van der Waals surface area contributed by atoms with Gasteiger partial charge in [0.05, 0.1) is 11.8 Å². The molecule has 1 N–H and O–H groups in total. The van der Waals surface area contributed by atoms with Crippen molar-refractivity contribution >= 4 is 11.9 Å². The molecule has 1 aliphatic heterocycles. The largest absolute Gasteiger partial charge is 0.479 e. The number of likely N-dealkylation sites (tertiary alicyclic amines) is 1. The van der Waals surface area contributed by atoms with Crippen LogP contribution in [0, 0.1) is 6.92 Å². The molecule has 1 aliphatic rings. The Morgan fingerprint density at radius 1 is 1.53 bits per heavy atom. The van der Waals surface area contributed by atoms with E-state index in [2.05, 4.69) is 5.10 Å². The second-order valence-corrected chi connectivity index (χ2v) is 5.02. The molecule has 6 heteroatoms. The fraction of sp³-hybridized carbons (Fsp3) is 0.615. The van der Waals surface area contributed by atoms with Gasteiger partial charge in [-0.15, -0.1) is 0 Å². The Balaban J connectivity index is 2.38. The highest BCUT2D eigenvalue weighted by Gasteiger charge is 2.49. The fourth-order valence-corrected chi connectivity index (χ4v) is 2.77. The Morgan fingerprint density at radius 2 is 2.21 bits per heavy atom. The highest BCUT2D eigenvalue weighted by molar-refractivity contribution is 5.99. The lowest BCUT2D eigenvalue weighted by Gasteiger charge is -2.33. The van der Waals surface area contributed by atoms with Crippen LogP contribution in [0.2, 0.25) is 0 Å². The second-order valence-electron chi connectivity index (χ2n) is 5.02. The van der Waals surface area contributed by atoms with Gasteiger partial charge in [-0.25, -0.2) is 4.79 Å². The van der Waals surface area contributed by atoms with Crippen molar-refractivity contribution in [3.8, 4) is 0 Å². The molecule has 1 fully saturated rings. The van der Waals surface area contributed by atoms with Gasteiger partial charge in [-0.05, 0) is 26.2 Å². The van der Waals surface area contributed by atoms with Gasteiger partial charge in [0.1, 0.15) is 5.54 Å². The summed E-state index contributed by atoms with van der Waals surface area (Å²) in [4.78, 5) is 25.6. The number of amides is 1. The lowest BCUT2D eigenvalue weighted by molar-refractivity contribution is -0.148. The fourth-order valence-electron chi connectivity index (χ4n) is 2.77. The maximum absolute atomic E-state index is 12.6. The third-order valence-corrected chi connectivity index (χ3v) is 4.18. The minimum Gasteiger partial charge on any atom is -0.479 e. The highest BCUT2D eigenvalue weighted by atomic mass is 16.4. The molecule has 0 aliphatic carbocycles. The zero-order valence-corrected chi connectivity index (χ0v) is 11.5. The van der Waals surface area contributed by atoms with E-state index in [0.29, 0.717) is 24.9 Å². The van der Waals surface area contributed by atoms with E-state index in [1.165, 1.54) is 11.1 Å². The average Bonchev–Trinajstić information content (AvgIpc) is 2.95. The minimum absolute atomic E-state index is 0.229. The first-order valence-corrected chi connectivity index (χ1v) is 6.48. The van der Waals surface area contributed by atoms with E-state index in [-0.39, 0.29) is 5.91 Å². The Labute approximate surface area is 112 Å². The second kappa shape index (κ2) is 4.68. The van der Waals surface area contributed by atoms with Crippen LogP contribution in [0.5, 0.6) is 0 Å². The molecule has 104 valence electrons. The summed E-state index contributed by atoms with van der Waals surface area (Å²) in [6.07, 6.45) is 3.18. The number of aryl methyl sites for hydroxylation is 1. The van der Waals surface area contributed by atoms with E-state index in [1.54, 1.807) is 11.7 Å². The van der Waals surface area contributed by atoms with Crippen LogP contribution in [0.3, 0.4) is 0 Å². The van der Waals surface area contributed by atoms with Gasteiger partial charge in [0, 0.05) is 19.3 Å². The van der Waals surface area contributed by atoms with Crippen molar-refractivity contribution in [2.24, 2.45) is 7.05 Å². The van der Waals surface area contributed by atoms with E-state index in [0.717, 1.165) is 12.1 Å². The first kappa shape index (κ1) is 13.6. The van der Waals surface area contributed by atoms with Crippen molar-refractivity contribution in [3.05, 3.63) is 17.5 Å². The molecule has 0 bridgehead atoms. The summed E-state index contributed by atoms with van der Waals surface area (Å²) >= 11 is 0. The number of aromatic nitrogens is 2. The van der Waals surface area contributed by atoms with Gasteiger partial charge in [-0.1, -0.05) is 6.92 Å². The van der Waals surface area contributed by atoms with Crippen molar-refractivity contribution in [3.63, 3.8) is 0 Å². The van der Waals surface area contributed by atoms with Crippen LogP contribution in [0.15, 0.2) is 6.20 Å². The number of aliphatic carboxylic acids is 1. The normalized spacial score (nSPS) is 22.8. The predicted molar refractivity (Wildman–Crippen MR) is 68.9 cm³/mol. The van der Waals surface area contributed by atoms with Gasteiger partial charge in [0.25, 0.3) is 5.91 Å². The van der Waals surface area contributed by atoms with Crippen LogP contribution in [-0.4, -0.2) is 43.7 Å². The van der Waals surface area contributed by atoms with Gasteiger partial charge >= 0.3 is 5.97 Å². The van der Waals surface area contributed by atoms with Crippen LogP contribution >= 0.6 is 0 Å². The van der Waals surface area contributed by atoms with Crippen LogP contribution < -0.4 is 0 Å². The van der Waals surface area contributed by atoms with Gasteiger partial charge in [0.2, 0.25) is 0 Å². The molecule has 1 saturated heterocycles. The molecule has 19 heavy (non-hydrogen) atoms. The predicted octanol–water partition coefficient (Wildman–Crippen LogP) is 1.20. The Kier molecular flexibility index (Phi) is 3.34. The molecule has 1 amide bonds. The van der Waals surface area contributed by atoms with E-state index in [9.17, 15) is 14.7 Å². The molecule has 1 aromatic heterocycles. The monoisotopic (exact) mass is 265 g/mol. The molecule has 1 aromatic rings. The third-order valence-electron chi connectivity index (χ3n) is 4.18. The molecule has 1 unspecified atom stereocenters. The quantitative estimate of drug-likeness (QED) is 0.891. The van der Waals surface area contributed by atoms with Crippen LogP contribution in [-0.2, 0) is 11.8 Å². The van der Waals surface area contributed by atoms with E-state index in [4.69, 9.17) is 0 Å². The molecule has 2 heterocycles. The first-order chi connectivity index (χ1) is 8.94. The minimum atomic E-state index is -1.06. The number of hydrogen-bond donors (Lipinski definition) is 1. The van der Waals surface area contributed by atoms with Crippen molar-refractivity contribution in [2.75, 3.05) is 6.54 Å². The van der Waals surface area contributed by atoms with Gasteiger partial charge in [0.15, 0.2) is 0 Å². The maximum atomic E-state index is 12.6. The van der Waals surface area contributed by atoms with Crippen molar-refractivity contribution < 1.29 is 14.7 Å². The summed E-state index contributed by atoms with van der Waals surface area (Å²) in [7, 11) is 1.76. The smallest absolute Gasteiger partial charge is 0.329 e. The number of rotatable bonds is 3. The van der Waals surface area contributed by atoms with Crippen LogP contribution in [0.1, 0.15) is 42.2 Å². The van der Waals surface area contributed by atoms with E-state index < -0.39 is 11.5 Å². The Morgan fingerprint density at radius 3 is 2.68 bits per heavy atom. The maximum Gasteiger partial charge on any atom is 0.329 e. The molecule has 0 radical (unpaired) electrons. The number of carbonyl (C=O) groups excluding carboxylic acids is 1. The summed E-state index contributed by atoms with van der Waals surface area (Å²) in [6.45, 7) is 4.12. The van der Waals surface area contributed by atoms with Gasteiger partial charge in [-0.2, -0.15) is 5.10 Å². The number of hydrogen-bond acceptors (Lipinski definition) is 3. The summed E-state index contributed by atoms with van der Waals surface area (Å²) in [5, 5.41) is 13.5. The molecular formula is C13H19N3O3. The summed E-state index contributed by atoms with van der Waals surface area (Å²) < 4.78 is 1.62. The summed E-state index contributed by atoms with van der Waals surface area (Å²) in [5.74, 6) is -1.14. The molecule has 6 nitrogen and oxygen atoms in total. The molecular weight excluding hydrogens is 246 g/mol. The first-order valence-electron chi connectivity index (χ1n) is 6.48. The van der Waals surface area contributed by atoms with E-state index in [1.807, 2.05) is 13.8 Å². The molecule has 0 aromatic carbocycles. The zero-order valence-electron chi connectivity index (χ0n) is 11.5.